The number of benzene rings is 1. The highest BCUT2D eigenvalue weighted by Gasteiger charge is 2.27. The molecule has 1 heterocycles. The minimum atomic E-state index is -0.586. The van der Waals surface area contributed by atoms with E-state index in [1.54, 1.807) is 0 Å². The summed E-state index contributed by atoms with van der Waals surface area (Å²) < 4.78 is 16.5. The van der Waals surface area contributed by atoms with Gasteiger partial charge in [-0.15, -0.1) is 0 Å². The second kappa shape index (κ2) is 7.08. The highest BCUT2D eigenvalue weighted by atomic mass is 16.6. The highest BCUT2D eigenvalue weighted by Crippen LogP contribution is 2.34. The lowest BCUT2D eigenvalue weighted by molar-refractivity contribution is 0.0136. The SMILES string of the molecule is CC(c1ccc2c(c1)OCCO2)N(CCO)C(=O)OC(C)(C)C. The van der Waals surface area contributed by atoms with Gasteiger partial charge in [0.1, 0.15) is 18.8 Å². The van der Waals surface area contributed by atoms with Gasteiger partial charge in [-0.2, -0.15) is 0 Å². The molecule has 2 rings (SSSR count). The maximum absolute atomic E-state index is 12.4. The van der Waals surface area contributed by atoms with Gasteiger partial charge in [0.15, 0.2) is 11.5 Å². The Labute approximate surface area is 136 Å². The van der Waals surface area contributed by atoms with E-state index in [0.29, 0.717) is 24.7 Å². The number of hydrogen-bond acceptors (Lipinski definition) is 5. The van der Waals surface area contributed by atoms with Gasteiger partial charge in [0.25, 0.3) is 0 Å². The first-order chi connectivity index (χ1) is 10.8. The molecular weight excluding hydrogens is 298 g/mol. The normalized spacial score (nSPS) is 15.0. The van der Waals surface area contributed by atoms with Crippen molar-refractivity contribution in [1.29, 1.82) is 0 Å². The molecule has 23 heavy (non-hydrogen) atoms. The topological polar surface area (TPSA) is 68.2 Å². The summed E-state index contributed by atoms with van der Waals surface area (Å²) in [5.74, 6) is 1.38. The lowest BCUT2D eigenvalue weighted by Crippen LogP contribution is -2.40. The van der Waals surface area contributed by atoms with E-state index in [4.69, 9.17) is 14.2 Å². The second-order valence-corrected chi connectivity index (χ2v) is 6.48. The first-order valence-corrected chi connectivity index (χ1v) is 7.82. The molecule has 6 nitrogen and oxygen atoms in total. The molecule has 0 radical (unpaired) electrons. The molecule has 128 valence electrons. The van der Waals surface area contributed by atoms with E-state index < -0.39 is 11.7 Å². The molecule has 1 atom stereocenters. The fourth-order valence-corrected chi connectivity index (χ4v) is 2.37. The lowest BCUT2D eigenvalue weighted by atomic mass is 10.1. The molecule has 0 bridgehead atoms. The fraction of sp³-hybridized carbons (Fsp3) is 0.588. The van der Waals surface area contributed by atoms with Crippen LogP contribution in [0.5, 0.6) is 11.5 Å². The molecule has 0 aromatic heterocycles. The molecule has 1 unspecified atom stereocenters. The third-order valence-electron chi connectivity index (χ3n) is 3.49. The van der Waals surface area contributed by atoms with Crippen LogP contribution in [0.4, 0.5) is 4.79 Å². The van der Waals surface area contributed by atoms with E-state index >= 15 is 0 Å². The van der Waals surface area contributed by atoms with Crippen LogP contribution in [0, 0.1) is 0 Å². The van der Waals surface area contributed by atoms with Crippen molar-refractivity contribution in [3.05, 3.63) is 23.8 Å². The zero-order chi connectivity index (χ0) is 17.0. The Bertz CT molecular complexity index is 552. The predicted octanol–water partition coefficient (Wildman–Crippen LogP) is 2.75. The van der Waals surface area contributed by atoms with Crippen molar-refractivity contribution in [3.8, 4) is 11.5 Å². The van der Waals surface area contributed by atoms with Gasteiger partial charge in [-0.25, -0.2) is 4.79 Å². The highest BCUT2D eigenvalue weighted by molar-refractivity contribution is 5.69. The summed E-state index contributed by atoms with van der Waals surface area (Å²) in [4.78, 5) is 13.9. The minimum Gasteiger partial charge on any atom is -0.486 e. The van der Waals surface area contributed by atoms with Crippen LogP contribution in [0.25, 0.3) is 0 Å². The van der Waals surface area contributed by atoms with Crippen molar-refractivity contribution >= 4 is 6.09 Å². The summed E-state index contributed by atoms with van der Waals surface area (Å²) in [7, 11) is 0. The van der Waals surface area contributed by atoms with E-state index in [-0.39, 0.29) is 19.2 Å². The molecule has 0 spiro atoms. The smallest absolute Gasteiger partial charge is 0.410 e. The summed E-state index contributed by atoms with van der Waals surface area (Å²) in [5, 5.41) is 9.28. The first kappa shape index (κ1) is 17.4. The average Bonchev–Trinajstić information content (AvgIpc) is 2.49. The maximum atomic E-state index is 12.4. The average molecular weight is 323 g/mol. The monoisotopic (exact) mass is 323 g/mol. The van der Waals surface area contributed by atoms with Gasteiger partial charge in [0.05, 0.1) is 12.6 Å². The Kier molecular flexibility index (Phi) is 5.36. The van der Waals surface area contributed by atoms with Crippen molar-refractivity contribution in [2.75, 3.05) is 26.4 Å². The van der Waals surface area contributed by atoms with E-state index in [9.17, 15) is 9.90 Å². The van der Waals surface area contributed by atoms with Crippen LogP contribution in [-0.2, 0) is 4.74 Å². The van der Waals surface area contributed by atoms with Crippen LogP contribution in [-0.4, -0.2) is 48.1 Å². The van der Waals surface area contributed by atoms with Crippen LogP contribution < -0.4 is 9.47 Å². The molecule has 6 heteroatoms. The Hall–Kier alpha value is -1.95. The lowest BCUT2D eigenvalue weighted by Gasteiger charge is -2.32. The van der Waals surface area contributed by atoms with E-state index in [2.05, 4.69) is 0 Å². The Morgan fingerprint density at radius 3 is 2.57 bits per heavy atom. The van der Waals surface area contributed by atoms with Crippen molar-refractivity contribution in [1.82, 2.24) is 4.90 Å². The van der Waals surface area contributed by atoms with Crippen molar-refractivity contribution in [3.63, 3.8) is 0 Å². The molecule has 1 aliphatic rings. The van der Waals surface area contributed by atoms with Crippen molar-refractivity contribution in [2.45, 2.75) is 39.3 Å². The van der Waals surface area contributed by atoms with Crippen LogP contribution in [0.2, 0.25) is 0 Å². The Morgan fingerprint density at radius 1 is 1.30 bits per heavy atom. The quantitative estimate of drug-likeness (QED) is 0.923. The zero-order valence-electron chi connectivity index (χ0n) is 14.2. The number of nitrogens with zero attached hydrogens (tertiary/aromatic N) is 1. The largest absolute Gasteiger partial charge is 0.486 e. The van der Waals surface area contributed by atoms with Gasteiger partial charge in [0.2, 0.25) is 0 Å². The first-order valence-electron chi connectivity index (χ1n) is 7.82. The molecule has 1 aromatic rings. The number of amides is 1. The summed E-state index contributed by atoms with van der Waals surface area (Å²) in [6.07, 6.45) is -0.450. The van der Waals surface area contributed by atoms with Gasteiger partial charge in [-0.3, -0.25) is 4.90 Å². The van der Waals surface area contributed by atoms with Gasteiger partial charge in [0, 0.05) is 6.54 Å². The van der Waals surface area contributed by atoms with E-state index in [1.165, 1.54) is 4.90 Å². The van der Waals surface area contributed by atoms with Gasteiger partial charge in [-0.05, 0) is 45.4 Å². The Balaban J connectivity index is 2.20. The number of fused-ring (bicyclic) bond motifs is 1. The van der Waals surface area contributed by atoms with E-state index in [0.717, 1.165) is 5.56 Å². The maximum Gasteiger partial charge on any atom is 0.410 e. The summed E-state index contributed by atoms with van der Waals surface area (Å²) >= 11 is 0. The van der Waals surface area contributed by atoms with Crippen molar-refractivity contribution < 1.29 is 24.1 Å². The molecule has 1 aromatic carbocycles. The molecule has 1 aliphatic heterocycles. The van der Waals surface area contributed by atoms with Gasteiger partial charge < -0.3 is 19.3 Å². The number of carbonyl (C=O) groups excluding carboxylic acids is 1. The molecule has 0 saturated carbocycles. The second-order valence-electron chi connectivity index (χ2n) is 6.48. The molecule has 0 saturated heterocycles. The van der Waals surface area contributed by atoms with Crippen LogP contribution in [0.1, 0.15) is 39.3 Å². The molecule has 1 amide bonds. The summed E-state index contributed by atoms with van der Waals surface area (Å²) in [6, 6.07) is 5.35. The van der Waals surface area contributed by atoms with Gasteiger partial charge in [-0.1, -0.05) is 6.07 Å². The number of ether oxygens (including phenoxy) is 3. The third-order valence-corrected chi connectivity index (χ3v) is 3.49. The predicted molar refractivity (Wildman–Crippen MR) is 85.9 cm³/mol. The molecule has 1 N–H and O–H groups in total. The van der Waals surface area contributed by atoms with Crippen LogP contribution in [0.3, 0.4) is 0 Å². The zero-order valence-corrected chi connectivity index (χ0v) is 14.2. The number of hydrogen-bond donors (Lipinski definition) is 1. The fourth-order valence-electron chi connectivity index (χ4n) is 2.37. The van der Waals surface area contributed by atoms with Crippen LogP contribution >= 0.6 is 0 Å². The number of carbonyl (C=O) groups is 1. The number of rotatable bonds is 4. The molecule has 0 aliphatic carbocycles. The third kappa shape index (κ3) is 4.51. The van der Waals surface area contributed by atoms with Crippen LogP contribution in [0.15, 0.2) is 18.2 Å². The molecule has 0 fully saturated rings. The van der Waals surface area contributed by atoms with Gasteiger partial charge >= 0.3 is 6.09 Å². The van der Waals surface area contributed by atoms with Crippen molar-refractivity contribution in [2.24, 2.45) is 0 Å². The minimum absolute atomic E-state index is 0.131. The summed E-state index contributed by atoms with van der Waals surface area (Å²) in [6.45, 7) is 8.46. The number of aliphatic hydroxyl groups is 1. The Morgan fingerprint density at radius 2 is 1.96 bits per heavy atom. The summed E-state index contributed by atoms with van der Waals surface area (Å²) in [5.41, 5.74) is 0.311. The number of aliphatic hydroxyl groups excluding tert-OH is 1. The molecular formula is C17H25NO5. The standard InChI is InChI=1S/C17H25NO5/c1-12(18(7-8-19)16(20)23-17(2,3)4)13-5-6-14-15(11-13)22-10-9-21-14/h5-6,11-12,19H,7-10H2,1-4H3. The van der Waals surface area contributed by atoms with E-state index in [1.807, 2.05) is 45.9 Å².